The lowest BCUT2D eigenvalue weighted by atomic mass is 10.2. The number of hydrogen-bond donors (Lipinski definition) is 2. The van der Waals surface area contributed by atoms with Gasteiger partial charge in [0.25, 0.3) is 5.91 Å². The lowest BCUT2D eigenvalue weighted by Crippen LogP contribution is -2.36. The number of carbonyl (C=O) groups excluding carboxylic acids is 1. The highest BCUT2D eigenvalue weighted by Gasteiger charge is 2.31. The van der Waals surface area contributed by atoms with Gasteiger partial charge in [-0.15, -0.1) is 10.2 Å². The van der Waals surface area contributed by atoms with Crippen LogP contribution in [0.4, 0.5) is 5.82 Å². The Morgan fingerprint density at radius 3 is 2.71 bits per heavy atom. The van der Waals surface area contributed by atoms with Gasteiger partial charge < -0.3 is 15.7 Å². The number of rotatable bonds is 3. The van der Waals surface area contributed by atoms with Gasteiger partial charge in [0.05, 0.1) is 0 Å². The molecule has 1 fully saturated rings. The summed E-state index contributed by atoms with van der Waals surface area (Å²) >= 11 is 0. The van der Waals surface area contributed by atoms with Crippen molar-refractivity contribution in [2.75, 3.05) is 11.4 Å². The maximum absolute atomic E-state index is 11.0. The molecule has 1 aromatic rings. The molecule has 0 spiro atoms. The Morgan fingerprint density at radius 1 is 1.41 bits per heavy atom. The van der Waals surface area contributed by atoms with Crippen LogP contribution in [0.5, 0.6) is 0 Å². The van der Waals surface area contributed by atoms with Crippen LogP contribution in [0.25, 0.3) is 0 Å². The van der Waals surface area contributed by atoms with Crippen molar-refractivity contribution in [3.05, 3.63) is 17.8 Å². The normalized spacial score (nSPS) is 19.3. The molecule has 0 aliphatic carbocycles. The topological polar surface area (TPSA) is 109 Å². The lowest BCUT2D eigenvalue weighted by Gasteiger charge is -2.21. The number of amides is 1. The minimum atomic E-state index is -0.872. The van der Waals surface area contributed by atoms with Crippen LogP contribution in [0.3, 0.4) is 0 Å². The zero-order chi connectivity index (χ0) is 12.4. The summed E-state index contributed by atoms with van der Waals surface area (Å²) < 4.78 is 0. The van der Waals surface area contributed by atoms with Gasteiger partial charge in [0.15, 0.2) is 11.5 Å². The number of anilines is 1. The number of primary amides is 1. The van der Waals surface area contributed by atoms with Crippen LogP contribution in [-0.4, -0.2) is 39.8 Å². The summed E-state index contributed by atoms with van der Waals surface area (Å²) in [4.78, 5) is 23.5. The van der Waals surface area contributed by atoms with Crippen molar-refractivity contribution in [2.24, 2.45) is 5.73 Å². The summed E-state index contributed by atoms with van der Waals surface area (Å²) in [5.41, 5.74) is 5.11. The van der Waals surface area contributed by atoms with Gasteiger partial charge in [0.1, 0.15) is 6.04 Å². The van der Waals surface area contributed by atoms with Crippen molar-refractivity contribution >= 4 is 17.7 Å². The van der Waals surface area contributed by atoms with Crippen LogP contribution in [0.1, 0.15) is 23.3 Å². The summed E-state index contributed by atoms with van der Waals surface area (Å²) in [7, 11) is 0. The van der Waals surface area contributed by atoms with E-state index in [1.807, 2.05) is 0 Å². The summed E-state index contributed by atoms with van der Waals surface area (Å²) in [6, 6.07) is 2.44. The van der Waals surface area contributed by atoms with Crippen molar-refractivity contribution in [2.45, 2.75) is 18.9 Å². The molecule has 7 nitrogen and oxygen atoms in total. The maximum atomic E-state index is 11.0. The highest BCUT2D eigenvalue weighted by atomic mass is 16.4. The number of carbonyl (C=O) groups is 2. The smallest absolute Gasteiger partial charge is 0.326 e. The summed E-state index contributed by atoms with van der Waals surface area (Å²) in [6.07, 6.45) is 1.39. The van der Waals surface area contributed by atoms with E-state index in [4.69, 9.17) is 10.8 Å². The quantitative estimate of drug-likeness (QED) is 0.740. The van der Waals surface area contributed by atoms with Crippen molar-refractivity contribution in [1.29, 1.82) is 0 Å². The zero-order valence-electron chi connectivity index (χ0n) is 9.04. The van der Waals surface area contributed by atoms with Crippen molar-refractivity contribution in [3.63, 3.8) is 0 Å². The number of carboxylic acid groups (broad SMARTS) is 1. The molecule has 0 saturated carbocycles. The Hall–Kier alpha value is -2.18. The number of hydrogen-bond acceptors (Lipinski definition) is 5. The van der Waals surface area contributed by atoms with E-state index < -0.39 is 17.9 Å². The van der Waals surface area contributed by atoms with Crippen molar-refractivity contribution in [3.8, 4) is 0 Å². The SMILES string of the molecule is NC(=O)c1ccc(N2CCCC2C(=O)O)nn1. The van der Waals surface area contributed by atoms with E-state index in [1.54, 1.807) is 11.0 Å². The largest absolute Gasteiger partial charge is 0.480 e. The fourth-order valence-electron chi connectivity index (χ4n) is 1.91. The molecule has 1 aliphatic rings. The molecule has 2 rings (SSSR count). The third kappa shape index (κ3) is 2.17. The average molecular weight is 236 g/mol. The molecule has 1 aromatic heterocycles. The molecule has 1 aliphatic heterocycles. The molecule has 0 bridgehead atoms. The second-order valence-electron chi connectivity index (χ2n) is 3.83. The van der Waals surface area contributed by atoms with Gasteiger partial charge in [-0.25, -0.2) is 4.79 Å². The van der Waals surface area contributed by atoms with Crippen molar-refractivity contribution < 1.29 is 14.7 Å². The number of aliphatic carboxylic acids is 1. The van der Waals surface area contributed by atoms with Gasteiger partial charge in [0.2, 0.25) is 0 Å². The van der Waals surface area contributed by atoms with Gasteiger partial charge in [-0.3, -0.25) is 4.79 Å². The minimum Gasteiger partial charge on any atom is -0.480 e. The van der Waals surface area contributed by atoms with Gasteiger partial charge >= 0.3 is 5.97 Å². The molecule has 0 radical (unpaired) electrons. The predicted octanol–water partition coefficient (Wildman–Crippen LogP) is -0.371. The molecule has 3 N–H and O–H groups in total. The van der Waals surface area contributed by atoms with Crippen LogP contribution >= 0.6 is 0 Å². The van der Waals surface area contributed by atoms with Crippen LogP contribution < -0.4 is 10.6 Å². The molecule has 0 aromatic carbocycles. The fourth-order valence-corrected chi connectivity index (χ4v) is 1.91. The molecule has 1 saturated heterocycles. The third-order valence-corrected chi connectivity index (χ3v) is 2.74. The summed E-state index contributed by atoms with van der Waals surface area (Å²) in [6.45, 7) is 0.627. The van der Waals surface area contributed by atoms with Crippen LogP contribution in [0.2, 0.25) is 0 Å². The van der Waals surface area contributed by atoms with Crippen LogP contribution in [-0.2, 0) is 4.79 Å². The highest BCUT2D eigenvalue weighted by Crippen LogP contribution is 2.23. The van der Waals surface area contributed by atoms with Crippen LogP contribution in [0, 0.1) is 0 Å². The molecule has 1 atom stereocenters. The van der Waals surface area contributed by atoms with E-state index in [1.165, 1.54) is 6.07 Å². The molecular weight excluding hydrogens is 224 g/mol. The number of nitrogens with two attached hydrogens (primary N) is 1. The maximum Gasteiger partial charge on any atom is 0.326 e. The Bertz CT molecular complexity index is 445. The Labute approximate surface area is 97.2 Å². The Balaban J connectivity index is 2.22. The summed E-state index contributed by atoms with van der Waals surface area (Å²) in [5, 5.41) is 16.5. The van der Waals surface area contributed by atoms with E-state index in [-0.39, 0.29) is 5.69 Å². The first kappa shape index (κ1) is 11.3. The monoisotopic (exact) mass is 236 g/mol. The molecule has 1 unspecified atom stereocenters. The first-order valence-corrected chi connectivity index (χ1v) is 5.22. The van der Waals surface area contributed by atoms with E-state index in [2.05, 4.69) is 10.2 Å². The van der Waals surface area contributed by atoms with Gasteiger partial charge in [-0.05, 0) is 25.0 Å². The molecule has 2 heterocycles. The zero-order valence-corrected chi connectivity index (χ0v) is 9.04. The molecule has 17 heavy (non-hydrogen) atoms. The number of nitrogens with zero attached hydrogens (tertiary/aromatic N) is 3. The molecule has 1 amide bonds. The van der Waals surface area contributed by atoms with Gasteiger partial charge in [-0.1, -0.05) is 0 Å². The Kier molecular flexibility index (Phi) is 2.90. The Morgan fingerprint density at radius 2 is 2.18 bits per heavy atom. The number of carboxylic acids is 1. The van der Waals surface area contributed by atoms with Gasteiger partial charge in [-0.2, -0.15) is 0 Å². The number of aromatic nitrogens is 2. The highest BCUT2D eigenvalue weighted by molar-refractivity contribution is 5.90. The predicted molar refractivity (Wildman–Crippen MR) is 58.6 cm³/mol. The average Bonchev–Trinajstić information content (AvgIpc) is 2.78. The standard InChI is InChI=1S/C10H12N4O3/c11-9(15)6-3-4-8(13-12-6)14-5-1-2-7(14)10(16)17/h3-4,7H,1-2,5H2,(H2,11,15)(H,16,17). The minimum absolute atomic E-state index is 0.0693. The third-order valence-electron chi connectivity index (χ3n) is 2.74. The van der Waals surface area contributed by atoms with E-state index in [9.17, 15) is 9.59 Å². The second kappa shape index (κ2) is 4.36. The van der Waals surface area contributed by atoms with Crippen LogP contribution in [0.15, 0.2) is 12.1 Å². The van der Waals surface area contributed by atoms with Gasteiger partial charge in [0, 0.05) is 6.54 Å². The fraction of sp³-hybridized carbons (Fsp3) is 0.400. The molecule has 7 heteroatoms. The van der Waals surface area contributed by atoms with Crippen molar-refractivity contribution in [1.82, 2.24) is 10.2 Å². The molecular formula is C10H12N4O3. The lowest BCUT2D eigenvalue weighted by molar-refractivity contribution is -0.138. The second-order valence-corrected chi connectivity index (χ2v) is 3.83. The first-order valence-electron chi connectivity index (χ1n) is 5.22. The van der Waals surface area contributed by atoms with E-state index >= 15 is 0 Å². The molecule has 90 valence electrons. The first-order chi connectivity index (χ1) is 8.09. The van der Waals surface area contributed by atoms with E-state index in [0.29, 0.717) is 18.8 Å². The van der Waals surface area contributed by atoms with E-state index in [0.717, 1.165) is 6.42 Å². The summed E-state index contributed by atoms with van der Waals surface area (Å²) in [5.74, 6) is -1.07.